The maximum atomic E-state index is 12.4. The monoisotopic (exact) mass is 354 g/mol. The number of rotatable bonds is 9. The maximum absolute atomic E-state index is 12.4. The van der Waals surface area contributed by atoms with Gasteiger partial charge in [-0.25, -0.2) is 0 Å². The summed E-state index contributed by atoms with van der Waals surface area (Å²) < 4.78 is 5.23. The lowest BCUT2D eigenvalue weighted by atomic mass is 9.66. The quantitative estimate of drug-likeness (QED) is 0.611. The van der Waals surface area contributed by atoms with Crippen molar-refractivity contribution in [3.8, 4) is 0 Å². The van der Waals surface area contributed by atoms with E-state index in [1.807, 2.05) is 6.92 Å². The molecule has 2 N–H and O–H groups in total. The molecule has 0 radical (unpaired) electrons. The topological polar surface area (TPSA) is 95.9 Å². The van der Waals surface area contributed by atoms with Crippen molar-refractivity contribution in [3.63, 3.8) is 0 Å². The molecule has 2 fully saturated rings. The second kappa shape index (κ2) is 9.17. The fourth-order valence-electron chi connectivity index (χ4n) is 3.54. The van der Waals surface area contributed by atoms with Gasteiger partial charge < -0.3 is 20.1 Å². The molecule has 142 valence electrons. The Morgan fingerprint density at radius 2 is 1.92 bits per heavy atom. The van der Waals surface area contributed by atoms with Gasteiger partial charge in [0.2, 0.25) is 11.8 Å². The normalized spacial score (nSPS) is 20.0. The Kier molecular flexibility index (Phi) is 7.23. The highest BCUT2D eigenvalue weighted by Crippen LogP contribution is 2.44. The number of nitrogens with zero attached hydrogens (tertiary/aromatic N) is 1. The molecule has 2 amide bonds. The summed E-state index contributed by atoms with van der Waals surface area (Å²) in [6, 6.07) is 0. The summed E-state index contributed by atoms with van der Waals surface area (Å²) in [7, 11) is 0. The molecule has 0 spiro atoms. The van der Waals surface area contributed by atoms with Crippen LogP contribution in [0, 0.1) is 11.3 Å². The number of hydrogen-bond donors (Lipinski definition) is 2. The van der Waals surface area contributed by atoms with Crippen molar-refractivity contribution in [2.45, 2.75) is 51.9 Å². The van der Waals surface area contributed by atoms with Crippen LogP contribution >= 0.6 is 0 Å². The van der Waals surface area contributed by atoms with E-state index in [0.29, 0.717) is 58.5 Å². The molecular formula is C18H30N2O5. The summed E-state index contributed by atoms with van der Waals surface area (Å²) in [5.74, 6) is -0.955. The Balaban J connectivity index is 1.69. The number of piperidine rings is 1. The van der Waals surface area contributed by atoms with E-state index in [1.165, 1.54) is 0 Å². The summed E-state index contributed by atoms with van der Waals surface area (Å²) in [5.41, 5.74) is -0.841. The third-order valence-corrected chi connectivity index (χ3v) is 5.44. The van der Waals surface area contributed by atoms with E-state index in [4.69, 9.17) is 4.74 Å². The van der Waals surface area contributed by atoms with Gasteiger partial charge >= 0.3 is 5.97 Å². The number of amides is 2. The highest BCUT2D eigenvalue weighted by Gasteiger charge is 2.46. The standard InChI is InChI=1S/C18H30N2O5/c1-2-25-12-4-9-19-16(22)14-5-10-20(11-6-14)15(21)13-18(17(23)24)7-3-8-18/h14H,2-13H2,1H3,(H,19,22)(H,23,24). The number of nitrogens with one attached hydrogen (secondary N) is 1. The number of ether oxygens (including phenoxy) is 1. The molecule has 7 nitrogen and oxygen atoms in total. The molecule has 2 aliphatic rings. The van der Waals surface area contributed by atoms with Gasteiger partial charge in [-0.2, -0.15) is 0 Å². The fraction of sp³-hybridized carbons (Fsp3) is 0.833. The number of likely N-dealkylation sites (tertiary alicyclic amines) is 1. The number of aliphatic carboxylic acids is 1. The first-order valence-corrected chi connectivity index (χ1v) is 9.35. The van der Waals surface area contributed by atoms with Gasteiger partial charge in [-0.3, -0.25) is 14.4 Å². The lowest BCUT2D eigenvalue weighted by Crippen LogP contribution is -2.47. The molecule has 1 aliphatic carbocycles. The van der Waals surface area contributed by atoms with Crippen molar-refractivity contribution in [1.29, 1.82) is 0 Å². The highest BCUT2D eigenvalue weighted by molar-refractivity contribution is 5.86. The first-order valence-electron chi connectivity index (χ1n) is 9.35. The van der Waals surface area contributed by atoms with Crippen molar-refractivity contribution < 1.29 is 24.2 Å². The minimum Gasteiger partial charge on any atom is -0.481 e. The molecule has 0 aromatic heterocycles. The second-order valence-corrected chi connectivity index (χ2v) is 7.11. The van der Waals surface area contributed by atoms with E-state index in [2.05, 4.69) is 5.32 Å². The van der Waals surface area contributed by atoms with Crippen LogP contribution < -0.4 is 5.32 Å². The minimum absolute atomic E-state index is 0.0459. The first-order chi connectivity index (χ1) is 12.0. The van der Waals surface area contributed by atoms with Gasteiger partial charge in [0.25, 0.3) is 0 Å². The largest absolute Gasteiger partial charge is 0.481 e. The molecule has 25 heavy (non-hydrogen) atoms. The van der Waals surface area contributed by atoms with Crippen LogP contribution in [0.15, 0.2) is 0 Å². The van der Waals surface area contributed by atoms with Crippen LogP contribution in [-0.4, -0.2) is 60.6 Å². The van der Waals surface area contributed by atoms with E-state index in [-0.39, 0.29) is 24.2 Å². The SMILES string of the molecule is CCOCCCNC(=O)C1CCN(C(=O)CC2(C(=O)O)CCC2)CC1. The molecule has 1 heterocycles. The van der Waals surface area contributed by atoms with Crippen LogP contribution in [0.2, 0.25) is 0 Å². The fourth-order valence-corrected chi connectivity index (χ4v) is 3.54. The van der Waals surface area contributed by atoms with Crippen LogP contribution in [-0.2, 0) is 19.1 Å². The number of carbonyl (C=O) groups is 3. The van der Waals surface area contributed by atoms with E-state index in [0.717, 1.165) is 12.8 Å². The predicted molar refractivity (Wildman–Crippen MR) is 92.0 cm³/mol. The minimum atomic E-state index is -0.853. The molecule has 0 aromatic carbocycles. The van der Waals surface area contributed by atoms with Crippen molar-refractivity contribution in [3.05, 3.63) is 0 Å². The maximum Gasteiger partial charge on any atom is 0.310 e. The third-order valence-electron chi connectivity index (χ3n) is 5.44. The van der Waals surface area contributed by atoms with E-state index >= 15 is 0 Å². The molecule has 1 saturated carbocycles. The predicted octanol–water partition coefficient (Wildman–Crippen LogP) is 1.41. The van der Waals surface area contributed by atoms with Gasteiger partial charge in [-0.15, -0.1) is 0 Å². The zero-order valence-electron chi connectivity index (χ0n) is 15.1. The van der Waals surface area contributed by atoms with Gasteiger partial charge in [-0.1, -0.05) is 6.42 Å². The molecule has 1 aliphatic heterocycles. The van der Waals surface area contributed by atoms with Crippen LogP contribution in [0.25, 0.3) is 0 Å². The molecule has 7 heteroatoms. The van der Waals surface area contributed by atoms with Crippen LogP contribution in [0.1, 0.15) is 51.9 Å². The van der Waals surface area contributed by atoms with Gasteiger partial charge in [0.15, 0.2) is 0 Å². The van der Waals surface area contributed by atoms with Crippen LogP contribution in [0.5, 0.6) is 0 Å². The van der Waals surface area contributed by atoms with E-state index in [9.17, 15) is 19.5 Å². The first kappa shape index (κ1) is 19.7. The Hall–Kier alpha value is -1.63. The second-order valence-electron chi connectivity index (χ2n) is 7.11. The van der Waals surface area contributed by atoms with Crippen molar-refractivity contribution in [2.75, 3.05) is 32.8 Å². The lowest BCUT2D eigenvalue weighted by molar-refractivity contribution is -0.160. The molecule has 2 rings (SSSR count). The number of carboxylic acids is 1. The van der Waals surface area contributed by atoms with Crippen molar-refractivity contribution >= 4 is 17.8 Å². The number of carbonyl (C=O) groups excluding carboxylic acids is 2. The lowest BCUT2D eigenvalue weighted by Gasteiger charge is -2.39. The summed E-state index contributed by atoms with van der Waals surface area (Å²) in [5, 5.41) is 12.3. The Labute approximate surface area is 149 Å². The zero-order valence-corrected chi connectivity index (χ0v) is 15.1. The molecule has 0 aromatic rings. The molecule has 0 unspecified atom stereocenters. The average Bonchev–Trinajstić information content (AvgIpc) is 2.57. The molecule has 1 saturated heterocycles. The van der Waals surface area contributed by atoms with Gasteiger partial charge in [-0.05, 0) is 39.0 Å². The van der Waals surface area contributed by atoms with Crippen LogP contribution in [0.4, 0.5) is 0 Å². The summed E-state index contributed by atoms with van der Waals surface area (Å²) in [6.07, 6.45) is 4.24. The number of hydrogen-bond acceptors (Lipinski definition) is 4. The average molecular weight is 354 g/mol. The van der Waals surface area contributed by atoms with Gasteiger partial charge in [0.1, 0.15) is 0 Å². The molecule has 0 bridgehead atoms. The van der Waals surface area contributed by atoms with Crippen LogP contribution in [0.3, 0.4) is 0 Å². The summed E-state index contributed by atoms with van der Waals surface area (Å²) in [6.45, 7) is 4.95. The summed E-state index contributed by atoms with van der Waals surface area (Å²) in [4.78, 5) is 37.7. The summed E-state index contributed by atoms with van der Waals surface area (Å²) >= 11 is 0. The Morgan fingerprint density at radius 1 is 1.24 bits per heavy atom. The third kappa shape index (κ3) is 5.17. The molecular weight excluding hydrogens is 324 g/mol. The van der Waals surface area contributed by atoms with Gasteiger partial charge in [0, 0.05) is 45.2 Å². The van der Waals surface area contributed by atoms with E-state index in [1.54, 1.807) is 4.90 Å². The Morgan fingerprint density at radius 3 is 2.44 bits per heavy atom. The molecule has 0 atom stereocenters. The van der Waals surface area contributed by atoms with E-state index < -0.39 is 11.4 Å². The van der Waals surface area contributed by atoms with Crippen molar-refractivity contribution in [2.24, 2.45) is 11.3 Å². The number of carboxylic acid groups (broad SMARTS) is 1. The smallest absolute Gasteiger partial charge is 0.310 e. The van der Waals surface area contributed by atoms with Crippen molar-refractivity contribution in [1.82, 2.24) is 10.2 Å². The Bertz CT molecular complexity index is 482. The zero-order chi connectivity index (χ0) is 18.3. The van der Waals surface area contributed by atoms with Gasteiger partial charge in [0.05, 0.1) is 5.41 Å². The highest BCUT2D eigenvalue weighted by atomic mass is 16.5.